The second kappa shape index (κ2) is 10.5. The number of aromatic nitrogens is 2. The molecule has 2 heterocycles. The molecule has 6 nitrogen and oxygen atoms in total. The number of nitrogens with one attached hydrogen (secondary N) is 2. The van der Waals surface area contributed by atoms with Crippen LogP contribution in [0.5, 0.6) is 5.75 Å². The highest BCUT2D eigenvalue weighted by molar-refractivity contribution is 6.30. The lowest BCUT2D eigenvalue weighted by Gasteiger charge is -2.18. The third kappa shape index (κ3) is 5.92. The summed E-state index contributed by atoms with van der Waals surface area (Å²) in [6, 6.07) is 17.3. The molecule has 0 radical (unpaired) electrons. The SMILES string of the molecule is CCN(CC)Cc1ccc(NC(=O)c2cc3cc(OCc4cncc(Cl)c4)ccc3[nH]2)cc1. The van der Waals surface area contributed by atoms with E-state index in [0.29, 0.717) is 23.1 Å². The van der Waals surface area contributed by atoms with Crippen molar-refractivity contribution in [1.82, 2.24) is 14.9 Å². The number of hydrogen-bond acceptors (Lipinski definition) is 4. The molecule has 2 aromatic carbocycles. The third-order valence-electron chi connectivity index (χ3n) is 5.52. The molecule has 2 aromatic heterocycles. The van der Waals surface area contributed by atoms with E-state index in [1.54, 1.807) is 12.4 Å². The molecule has 0 saturated carbocycles. The van der Waals surface area contributed by atoms with Gasteiger partial charge in [0.05, 0.1) is 5.02 Å². The fourth-order valence-corrected chi connectivity index (χ4v) is 3.82. The predicted molar refractivity (Wildman–Crippen MR) is 133 cm³/mol. The number of nitrogens with zero attached hydrogens (tertiary/aromatic N) is 2. The van der Waals surface area contributed by atoms with Gasteiger partial charge < -0.3 is 15.0 Å². The number of anilines is 1. The molecule has 0 spiro atoms. The average molecular weight is 463 g/mol. The van der Waals surface area contributed by atoms with E-state index >= 15 is 0 Å². The number of rotatable bonds is 9. The molecule has 0 fully saturated rings. The molecule has 4 rings (SSSR count). The van der Waals surface area contributed by atoms with E-state index in [0.717, 1.165) is 41.8 Å². The number of ether oxygens (including phenoxy) is 1. The van der Waals surface area contributed by atoms with Gasteiger partial charge in [0.2, 0.25) is 0 Å². The first-order valence-corrected chi connectivity index (χ1v) is 11.4. The average Bonchev–Trinajstić information content (AvgIpc) is 3.26. The van der Waals surface area contributed by atoms with E-state index in [9.17, 15) is 4.79 Å². The Morgan fingerprint density at radius 1 is 1.03 bits per heavy atom. The van der Waals surface area contributed by atoms with Crippen LogP contribution >= 0.6 is 11.6 Å². The van der Waals surface area contributed by atoms with Gasteiger partial charge in [0.1, 0.15) is 18.1 Å². The molecular weight excluding hydrogens is 436 g/mol. The van der Waals surface area contributed by atoms with Crippen LogP contribution in [-0.2, 0) is 13.2 Å². The zero-order valence-corrected chi connectivity index (χ0v) is 19.5. The minimum atomic E-state index is -0.185. The van der Waals surface area contributed by atoms with Gasteiger partial charge in [-0.2, -0.15) is 0 Å². The molecule has 0 aliphatic carbocycles. The van der Waals surface area contributed by atoms with Gasteiger partial charge in [-0.25, -0.2) is 0 Å². The van der Waals surface area contributed by atoms with Crippen LogP contribution in [-0.4, -0.2) is 33.9 Å². The number of benzene rings is 2. The predicted octanol–water partition coefficient (Wildman–Crippen LogP) is 5.89. The number of carbonyl (C=O) groups is 1. The zero-order chi connectivity index (χ0) is 23.2. The molecule has 0 aliphatic heterocycles. The van der Waals surface area contributed by atoms with Crippen molar-refractivity contribution in [2.75, 3.05) is 18.4 Å². The summed E-state index contributed by atoms with van der Waals surface area (Å²) in [5, 5.41) is 4.43. The van der Waals surface area contributed by atoms with E-state index in [1.165, 1.54) is 5.56 Å². The molecule has 7 heteroatoms. The van der Waals surface area contributed by atoms with Gasteiger partial charge in [0.25, 0.3) is 5.91 Å². The van der Waals surface area contributed by atoms with Gasteiger partial charge in [0.15, 0.2) is 0 Å². The maximum absolute atomic E-state index is 12.8. The number of pyridine rings is 1. The fourth-order valence-electron chi connectivity index (χ4n) is 3.62. The Morgan fingerprint density at radius 2 is 1.82 bits per heavy atom. The number of H-pyrrole nitrogens is 1. The summed E-state index contributed by atoms with van der Waals surface area (Å²) in [5.74, 6) is 0.521. The van der Waals surface area contributed by atoms with Crippen LogP contribution in [0.15, 0.2) is 67.0 Å². The van der Waals surface area contributed by atoms with Crippen molar-refractivity contribution >= 4 is 34.1 Å². The highest BCUT2D eigenvalue weighted by atomic mass is 35.5. The third-order valence-corrected chi connectivity index (χ3v) is 5.72. The smallest absolute Gasteiger partial charge is 0.272 e. The first kappa shape index (κ1) is 22.8. The van der Waals surface area contributed by atoms with Crippen LogP contribution in [0.25, 0.3) is 10.9 Å². The van der Waals surface area contributed by atoms with Gasteiger partial charge in [0, 0.05) is 41.1 Å². The Hall–Kier alpha value is -3.35. The topological polar surface area (TPSA) is 70.2 Å². The van der Waals surface area contributed by atoms with Gasteiger partial charge in [-0.15, -0.1) is 0 Å². The van der Waals surface area contributed by atoms with E-state index in [4.69, 9.17) is 16.3 Å². The lowest BCUT2D eigenvalue weighted by molar-refractivity contribution is 0.102. The second-order valence-electron chi connectivity index (χ2n) is 7.84. The first-order chi connectivity index (χ1) is 16.0. The fraction of sp³-hybridized carbons (Fsp3) is 0.231. The van der Waals surface area contributed by atoms with Crippen LogP contribution in [0, 0.1) is 0 Å². The summed E-state index contributed by atoms with van der Waals surface area (Å²) in [6.07, 6.45) is 3.31. The lowest BCUT2D eigenvalue weighted by Crippen LogP contribution is -2.22. The first-order valence-electron chi connectivity index (χ1n) is 11.0. The van der Waals surface area contributed by atoms with Crippen LogP contribution in [0.1, 0.15) is 35.5 Å². The van der Waals surface area contributed by atoms with Crippen molar-refractivity contribution in [1.29, 1.82) is 0 Å². The van der Waals surface area contributed by atoms with Crippen molar-refractivity contribution < 1.29 is 9.53 Å². The normalized spacial score (nSPS) is 11.2. The van der Waals surface area contributed by atoms with Gasteiger partial charge in [-0.1, -0.05) is 37.6 Å². The summed E-state index contributed by atoms with van der Waals surface area (Å²) >= 11 is 5.97. The molecule has 0 atom stereocenters. The van der Waals surface area contributed by atoms with Crippen LogP contribution in [0.3, 0.4) is 0 Å². The van der Waals surface area contributed by atoms with E-state index < -0.39 is 0 Å². The number of fused-ring (bicyclic) bond motifs is 1. The maximum atomic E-state index is 12.8. The Kier molecular flexibility index (Phi) is 7.27. The standard InChI is InChI=1S/C26H27ClN4O2/c1-3-31(4-2)16-18-5-7-22(8-6-18)29-26(32)25-13-20-12-23(9-10-24(20)30-25)33-17-19-11-21(27)15-28-14-19/h5-15,30H,3-4,16-17H2,1-2H3,(H,29,32). The Morgan fingerprint density at radius 3 is 2.55 bits per heavy atom. The van der Waals surface area contributed by atoms with Crippen molar-refractivity contribution in [3.05, 3.63) is 88.8 Å². The molecule has 0 unspecified atom stereocenters. The Bertz CT molecular complexity index is 1230. The number of carbonyl (C=O) groups excluding carboxylic acids is 1. The lowest BCUT2D eigenvalue weighted by atomic mass is 10.2. The van der Waals surface area contributed by atoms with E-state index in [-0.39, 0.29) is 5.91 Å². The summed E-state index contributed by atoms with van der Waals surface area (Å²) in [4.78, 5) is 22.4. The maximum Gasteiger partial charge on any atom is 0.272 e. The molecule has 4 aromatic rings. The van der Waals surface area contributed by atoms with Crippen LogP contribution in [0.4, 0.5) is 5.69 Å². The molecule has 0 bridgehead atoms. The molecule has 0 saturated heterocycles. The highest BCUT2D eigenvalue weighted by Crippen LogP contribution is 2.23. The minimum absolute atomic E-state index is 0.185. The van der Waals surface area contributed by atoms with Gasteiger partial charge in [-0.05, 0) is 61.1 Å². The molecule has 170 valence electrons. The van der Waals surface area contributed by atoms with Crippen molar-refractivity contribution in [2.24, 2.45) is 0 Å². The Balaban J connectivity index is 1.40. The number of hydrogen-bond donors (Lipinski definition) is 2. The van der Waals surface area contributed by atoms with Crippen LogP contribution in [0.2, 0.25) is 5.02 Å². The van der Waals surface area contributed by atoms with Gasteiger partial charge in [-0.3, -0.25) is 14.7 Å². The molecular formula is C26H27ClN4O2. The molecule has 1 amide bonds. The molecule has 2 N–H and O–H groups in total. The summed E-state index contributed by atoms with van der Waals surface area (Å²) in [5.41, 5.74) is 4.24. The highest BCUT2D eigenvalue weighted by Gasteiger charge is 2.11. The second-order valence-corrected chi connectivity index (χ2v) is 8.28. The molecule has 0 aliphatic rings. The number of aromatic amines is 1. The van der Waals surface area contributed by atoms with Crippen molar-refractivity contribution in [3.8, 4) is 5.75 Å². The van der Waals surface area contributed by atoms with Crippen molar-refractivity contribution in [2.45, 2.75) is 27.0 Å². The van der Waals surface area contributed by atoms with Gasteiger partial charge >= 0.3 is 0 Å². The zero-order valence-electron chi connectivity index (χ0n) is 18.8. The van der Waals surface area contributed by atoms with E-state index in [1.807, 2.05) is 42.5 Å². The number of amides is 1. The van der Waals surface area contributed by atoms with Crippen LogP contribution < -0.4 is 10.1 Å². The summed E-state index contributed by atoms with van der Waals surface area (Å²) < 4.78 is 5.86. The summed E-state index contributed by atoms with van der Waals surface area (Å²) in [6.45, 7) is 7.61. The largest absolute Gasteiger partial charge is 0.489 e. The number of halogens is 1. The minimum Gasteiger partial charge on any atom is -0.489 e. The quantitative estimate of drug-likeness (QED) is 0.325. The van der Waals surface area contributed by atoms with E-state index in [2.05, 4.69) is 46.2 Å². The Labute approximate surface area is 198 Å². The molecule has 33 heavy (non-hydrogen) atoms. The monoisotopic (exact) mass is 462 g/mol. The summed E-state index contributed by atoms with van der Waals surface area (Å²) in [7, 11) is 0. The van der Waals surface area contributed by atoms with Crippen molar-refractivity contribution in [3.63, 3.8) is 0 Å².